The summed E-state index contributed by atoms with van der Waals surface area (Å²) in [5.74, 6) is 1.24. The first-order chi connectivity index (χ1) is 9.72. The zero-order chi connectivity index (χ0) is 14.7. The topological polar surface area (TPSA) is 24.5 Å². The first-order valence-electron chi connectivity index (χ1n) is 8.09. The molecule has 0 aromatic rings. The Morgan fingerprint density at radius 2 is 1.90 bits per heavy atom. The van der Waals surface area contributed by atoms with Crippen LogP contribution in [0.15, 0.2) is 0 Å². The Kier molecular flexibility index (Phi) is 9.95. The lowest BCUT2D eigenvalue weighted by molar-refractivity contribution is 0.142. The van der Waals surface area contributed by atoms with Crippen LogP contribution in [0.3, 0.4) is 0 Å². The van der Waals surface area contributed by atoms with Crippen LogP contribution in [0.25, 0.3) is 0 Å². The molecule has 0 aromatic carbocycles. The molecule has 0 spiro atoms. The largest absolute Gasteiger partial charge is 0.383 e. The second-order valence-electron chi connectivity index (χ2n) is 6.31. The predicted molar refractivity (Wildman–Crippen MR) is 90.8 cm³/mol. The molecule has 0 saturated heterocycles. The summed E-state index contributed by atoms with van der Waals surface area (Å²) >= 11 is 1.95. The normalized spacial score (nSPS) is 19.2. The summed E-state index contributed by atoms with van der Waals surface area (Å²) in [4.78, 5) is 2.54. The van der Waals surface area contributed by atoms with Crippen molar-refractivity contribution in [1.82, 2.24) is 10.2 Å². The van der Waals surface area contributed by atoms with Crippen molar-refractivity contribution in [1.29, 1.82) is 0 Å². The van der Waals surface area contributed by atoms with Crippen LogP contribution in [-0.4, -0.2) is 63.9 Å². The smallest absolute Gasteiger partial charge is 0.0587 e. The average molecular weight is 303 g/mol. The summed E-state index contributed by atoms with van der Waals surface area (Å²) in [6.45, 7) is 5.40. The number of methoxy groups -OCH3 is 1. The minimum atomic E-state index is 0.484. The Balaban J connectivity index is 2.48. The Bertz CT molecular complexity index is 231. The molecule has 0 amide bonds. The molecule has 20 heavy (non-hydrogen) atoms. The molecule has 1 aliphatic rings. The highest BCUT2D eigenvalue weighted by Gasteiger charge is 2.31. The summed E-state index contributed by atoms with van der Waals surface area (Å²) < 4.78 is 5.15. The van der Waals surface area contributed by atoms with Gasteiger partial charge in [-0.2, -0.15) is 11.8 Å². The minimum Gasteiger partial charge on any atom is -0.383 e. The van der Waals surface area contributed by atoms with E-state index in [9.17, 15) is 0 Å². The maximum atomic E-state index is 5.15. The molecule has 0 unspecified atom stereocenters. The molecular formula is C16H34N2OS. The number of nitrogens with one attached hydrogen (secondary N) is 1. The fraction of sp³-hybridized carbons (Fsp3) is 1.00. The van der Waals surface area contributed by atoms with Crippen molar-refractivity contribution < 1.29 is 4.74 Å². The molecule has 0 radical (unpaired) electrons. The van der Waals surface area contributed by atoms with Gasteiger partial charge >= 0.3 is 0 Å². The van der Waals surface area contributed by atoms with E-state index in [1.54, 1.807) is 7.11 Å². The molecule has 4 heteroatoms. The van der Waals surface area contributed by atoms with Gasteiger partial charge < -0.3 is 15.0 Å². The lowest BCUT2D eigenvalue weighted by atomic mass is 9.79. The van der Waals surface area contributed by atoms with E-state index >= 15 is 0 Å². The molecule has 1 aliphatic carbocycles. The van der Waals surface area contributed by atoms with Crippen LogP contribution in [-0.2, 0) is 4.74 Å². The molecule has 0 bridgehead atoms. The van der Waals surface area contributed by atoms with Crippen LogP contribution in [0.5, 0.6) is 0 Å². The third-order valence-electron chi connectivity index (χ3n) is 4.43. The van der Waals surface area contributed by atoms with E-state index in [2.05, 4.69) is 23.5 Å². The summed E-state index contributed by atoms with van der Waals surface area (Å²) in [6, 6.07) is 0. The Morgan fingerprint density at radius 3 is 2.50 bits per heavy atom. The van der Waals surface area contributed by atoms with Gasteiger partial charge in [0, 0.05) is 39.0 Å². The van der Waals surface area contributed by atoms with Gasteiger partial charge in [-0.25, -0.2) is 0 Å². The molecule has 0 aromatic heterocycles. The highest BCUT2D eigenvalue weighted by atomic mass is 32.2. The van der Waals surface area contributed by atoms with Gasteiger partial charge in [-0.05, 0) is 31.6 Å². The first kappa shape index (κ1) is 18.3. The Labute approximate surface area is 130 Å². The maximum absolute atomic E-state index is 5.15. The number of thioether (sulfide) groups is 1. The summed E-state index contributed by atoms with van der Waals surface area (Å²) in [6.07, 6.45) is 10.6. The Hall–Kier alpha value is 0.230. The lowest BCUT2D eigenvalue weighted by Crippen LogP contribution is -2.44. The lowest BCUT2D eigenvalue weighted by Gasteiger charge is -2.37. The van der Waals surface area contributed by atoms with Crippen LogP contribution in [0.1, 0.15) is 38.5 Å². The molecule has 0 aliphatic heterocycles. The second-order valence-corrected chi connectivity index (χ2v) is 7.30. The van der Waals surface area contributed by atoms with Crippen LogP contribution >= 0.6 is 11.8 Å². The first-order valence-corrected chi connectivity index (χ1v) is 9.49. The summed E-state index contributed by atoms with van der Waals surface area (Å²) in [5.41, 5.74) is 0.484. The van der Waals surface area contributed by atoms with E-state index in [1.165, 1.54) is 57.4 Å². The standard InChI is InChI=1S/C16H34N2OS/c1-18(11-13-20-3)15-16(14-17-10-12-19-2)8-6-4-5-7-9-16/h17H,4-15H2,1-3H3. The summed E-state index contributed by atoms with van der Waals surface area (Å²) in [7, 11) is 4.07. The van der Waals surface area contributed by atoms with E-state index in [-0.39, 0.29) is 0 Å². The number of hydrogen-bond donors (Lipinski definition) is 1. The van der Waals surface area contributed by atoms with Crippen molar-refractivity contribution in [3.63, 3.8) is 0 Å². The quantitative estimate of drug-likeness (QED) is 0.495. The van der Waals surface area contributed by atoms with Crippen LogP contribution in [0, 0.1) is 5.41 Å². The fourth-order valence-electron chi connectivity index (χ4n) is 3.30. The molecule has 1 fully saturated rings. The summed E-state index contributed by atoms with van der Waals surface area (Å²) in [5, 5.41) is 3.63. The van der Waals surface area contributed by atoms with Gasteiger partial charge in [-0.3, -0.25) is 0 Å². The number of nitrogens with zero attached hydrogens (tertiary/aromatic N) is 1. The van der Waals surface area contributed by atoms with Gasteiger partial charge in [0.2, 0.25) is 0 Å². The Morgan fingerprint density at radius 1 is 1.20 bits per heavy atom. The molecule has 0 heterocycles. The van der Waals surface area contributed by atoms with Crippen molar-refractivity contribution in [2.24, 2.45) is 5.41 Å². The van der Waals surface area contributed by atoms with Crippen molar-refractivity contribution in [3.05, 3.63) is 0 Å². The third kappa shape index (κ3) is 7.30. The number of hydrogen-bond acceptors (Lipinski definition) is 4. The van der Waals surface area contributed by atoms with Gasteiger partial charge in [0.25, 0.3) is 0 Å². The molecule has 1 rings (SSSR count). The zero-order valence-electron chi connectivity index (χ0n) is 13.7. The highest BCUT2D eigenvalue weighted by molar-refractivity contribution is 7.98. The minimum absolute atomic E-state index is 0.484. The predicted octanol–water partition coefficient (Wildman–Crippen LogP) is 2.86. The van der Waals surface area contributed by atoms with Gasteiger partial charge in [0.15, 0.2) is 0 Å². The van der Waals surface area contributed by atoms with Crippen LogP contribution in [0.4, 0.5) is 0 Å². The van der Waals surface area contributed by atoms with E-state index < -0.39 is 0 Å². The van der Waals surface area contributed by atoms with Crippen LogP contribution in [0.2, 0.25) is 0 Å². The molecule has 3 nitrogen and oxygen atoms in total. The van der Waals surface area contributed by atoms with Crippen molar-refractivity contribution in [2.75, 3.05) is 59.0 Å². The molecular weight excluding hydrogens is 268 g/mol. The molecule has 1 saturated carbocycles. The van der Waals surface area contributed by atoms with Crippen molar-refractivity contribution in [2.45, 2.75) is 38.5 Å². The van der Waals surface area contributed by atoms with E-state index in [0.717, 1.165) is 19.7 Å². The van der Waals surface area contributed by atoms with Crippen LogP contribution < -0.4 is 5.32 Å². The van der Waals surface area contributed by atoms with E-state index in [4.69, 9.17) is 4.74 Å². The molecule has 120 valence electrons. The van der Waals surface area contributed by atoms with E-state index in [1.807, 2.05) is 11.8 Å². The molecule has 1 N–H and O–H groups in total. The molecule has 0 atom stereocenters. The monoisotopic (exact) mass is 302 g/mol. The maximum Gasteiger partial charge on any atom is 0.0587 e. The van der Waals surface area contributed by atoms with Crippen molar-refractivity contribution in [3.8, 4) is 0 Å². The number of ether oxygens (including phenoxy) is 1. The van der Waals surface area contributed by atoms with Gasteiger partial charge in [-0.1, -0.05) is 25.7 Å². The fourth-order valence-corrected chi connectivity index (χ4v) is 3.79. The van der Waals surface area contributed by atoms with Gasteiger partial charge in [0.05, 0.1) is 6.61 Å². The highest BCUT2D eigenvalue weighted by Crippen LogP contribution is 2.35. The average Bonchev–Trinajstić information content (AvgIpc) is 2.67. The third-order valence-corrected chi connectivity index (χ3v) is 5.02. The van der Waals surface area contributed by atoms with Gasteiger partial charge in [0.1, 0.15) is 0 Å². The zero-order valence-corrected chi connectivity index (χ0v) is 14.6. The SMILES string of the molecule is COCCNCC1(CN(C)CCSC)CCCCCC1. The number of rotatable bonds is 10. The van der Waals surface area contributed by atoms with Gasteiger partial charge in [-0.15, -0.1) is 0 Å². The van der Waals surface area contributed by atoms with Crippen molar-refractivity contribution >= 4 is 11.8 Å². The van der Waals surface area contributed by atoms with E-state index in [0.29, 0.717) is 5.41 Å². The second kappa shape index (κ2) is 10.9.